The first-order chi connectivity index (χ1) is 15.1. The molecule has 0 bridgehead atoms. The second-order valence-electron chi connectivity index (χ2n) is 8.07. The second kappa shape index (κ2) is 7.99. The minimum absolute atomic E-state index is 0.118. The molecular weight excluding hydrogens is 394 g/mol. The van der Waals surface area contributed by atoms with Crippen molar-refractivity contribution in [1.29, 1.82) is 0 Å². The Hall–Kier alpha value is -3.46. The molecule has 0 radical (unpaired) electrons. The highest BCUT2D eigenvalue weighted by Crippen LogP contribution is 2.32. The van der Waals surface area contributed by atoms with Crippen molar-refractivity contribution in [3.63, 3.8) is 0 Å². The van der Waals surface area contributed by atoms with Crippen molar-refractivity contribution < 1.29 is 9.84 Å². The Morgan fingerprint density at radius 2 is 2.10 bits per heavy atom. The van der Waals surface area contributed by atoms with E-state index in [9.17, 15) is 5.11 Å². The number of aromatic nitrogens is 6. The first-order valence-corrected chi connectivity index (χ1v) is 10.5. The van der Waals surface area contributed by atoms with Crippen LogP contribution in [0.3, 0.4) is 0 Å². The number of ether oxygens (including phenoxy) is 1. The first kappa shape index (κ1) is 19.5. The number of hydrogen-bond donors (Lipinski definition) is 3. The van der Waals surface area contributed by atoms with Crippen LogP contribution in [-0.4, -0.2) is 48.0 Å². The zero-order valence-electron chi connectivity index (χ0n) is 17.5. The maximum absolute atomic E-state index is 10.3. The van der Waals surface area contributed by atoms with Gasteiger partial charge in [0.05, 0.1) is 30.0 Å². The molecule has 3 heterocycles. The summed E-state index contributed by atoms with van der Waals surface area (Å²) in [5, 5.41) is 26.4. The molecule has 1 saturated heterocycles. The summed E-state index contributed by atoms with van der Waals surface area (Å²) in [4.78, 5) is 7.44. The van der Waals surface area contributed by atoms with Gasteiger partial charge in [-0.15, -0.1) is 5.10 Å². The van der Waals surface area contributed by atoms with Gasteiger partial charge in [0.15, 0.2) is 5.82 Å². The molecule has 2 unspecified atom stereocenters. The third-order valence-corrected chi connectivity index (χ3v) is 5.80. The van der Waals surface area contributed by atoms with Crippen molar-refractivity contribution in [3.8, 4) is 5.75 Å². The van der Waals surface area contributed by atoms with Gasteiger partial charge in [-0.3, -0.25) is 0 Å². The van der Waals surface area contributed by atoms with E-state index in [0.717, 1.165) is 52.9 Å². The van der Waals surface area contributed by atoms with Gasteiger partial charge in [0, 0.05) is 12.3 Å². The molecular formula is C22H25N7O2. The average molecular weight is 419 g/mol. The number of fused-ring (bicyclic) bond motifs is 1. The largest absolute Gasteiger partial charge is 0.507 e. The lowest BCUT2D eigenvalue weighted by Gasteiger charge is -2.22. The number of aromatic amines is 1. The third kappa shape index (κ3) is 3.84. The highest BCUT2D eigenvalue weighted by atomic mass is 16.5. The van der Waals surface area contributed by atoms with E-state index in [1.165, 1.54) is 0 Å². The smallest absolute Gasteiger partial charge is 0.178 e. The first-order valence-electron chi connectivity index (χ1n) is 10.5. The van der Waals surface area contributed by atoms with E-state index in [2.05, 4.69) is 30.8 Å². The number of imidazole rings is 1. The number of H-pyrrole nitrogens is 1. The number of benzene rings is 2. The fourth-order valence-corrected chi connectivity index (χ4v) is 4.17. The van der Waals surface area contributed by atoms with E-state index in [0.29, 0.717) is 18.1 Å². The van der Waals surface area contributed by atoms with Crippen LogP contribution in [0, 0.1) is 13.8 Å². The number of hydrogen-bond acceptors (Lipinski definition) is 7. The van der Waals surface area contributed by atoms with Crippen molar-refractivity contribution in [3.05, 3.63) is 59.2 Å². The Bertz CT molecular complexity index is 1190. The summed E-state index contributed by atoms with van der Waals surface area (Å²) in [5.74, 6) is 1.00. The van der Waals surface area contributed by atoms with Gasteiger partial charge < -0.3 is 20.1 Å². The Morgan fingerprint density at radius 1 is 1.26 bits per heavy atom. The third-order valence-electron chi connectivity index (χ3n) is 5.80. The molecule has 2 aromatic carbocycles. The molecule has 2 atom stereocenters. The van der Waals surface area contributed by atoms with Crippen LogP contribution in [-0.2, 0) is 11.3 Å². The number of phenolic OH excluding ortho intramolecular Hbond substituents is 1. The molecule has 9 nitrogen and oxygen atoms in total. The lowest BCUT2D eigenvalue weighted by Crippen LogP contribution is -2.23. The van der Waals surface area contributed by atoms with Gasteiger partial charge in [-0.2, -0.15) is 0 Å². The van der Waals surface area contributed by atoms with Crippen LogP contribution < -0.4 is 5.32 Å². The van der Waals surface area contributed by atoms with Crippen LogP contribution in [0.2, 0.25) is 0 Å². The minimum Gasteiger partial charge on any atom is -0.507 e. The van der Waals surface area contributed by atoms with Gasteiger partial charge in [-0.25, -0.2) is 9.67 Å². The number of anilines is 1. The number of phenols is 1. The zero-order chi connectivity index (χ0) is 21.4. The number of tetrazole rings is 1. The predicted octanol–water partition coefficient (Wildman–Crippen LogP) is 3.25. The fraction of sp³-hybridized carbons (Fsp3) is 0.364. The molecule has 0 saturated carbocycles. The standard InChI is InChI=1S/C22H25N7O2/c1-13-8-15(9-14(2)21(13)30)20(25-16-5-6-18-19(10-16)24-12-23-18)22-26-27-28-29(22)11-17-4-3-7-31-17/h5-6,8-10,12,17,20,25,30H,3-4,7,11H2,1-2H3,(H,23,24). The molecule has 31 heavy (non-hydrogen) atoms. The van der Waals surface area contributed by atoms with Gasteiger partial charge in [-0.1, -0.05) is 0 Å². The van der Waals surface area contributed by atoms with Crippen LogP contribution in [0.5, 0.6) is 5.75 Å². The summed E-state index contributed by atoms with van der Waals surface area (Å²) in [7, 11) is 0. The highest BCUT2D eigenvalue weighted by Gasteiger charge is 2.26. The van der Waals surface area contributed by atoms with Crippen molar-refractivity contribution >= 4 is 16.7 Å². The number of aromatic hydroxyl groups is 1. The summed E-state index contributed by atoms with van der Waals surface area (Å²) in [6.45, 7) is 5.18. The molecule has 4 aromatic rings. The topological polar surface area (TPSA) is 114 Å². The number of aryl methyl sites for hydroxylation is 2. The van der Waals surface area contributed by atoms with Gasteiger partial charge in [0.25, 0.3) is 0 Å². The Balaban J connectivity index is 1.55. The summed E-state index contributed by atoms with van der Waals surface area (Å²) in [6.07, 6.45) is 3.86. The monoisotopic (exact) mass is 419 g/mol. The van der Waals surface area contributed by atoms with Gasteiger partial charge in [0.2, 0.25) is 0 Å². The lowest BCUT2D eigenvalue weighted by molar-refractivity contribution is 0.0925. The van der Waals surface area contributed by atoms with E-state index in [-0.39, 0.29) is 12.1 Å². The van der Waals surface area contributed by atoms with E-state index < -0.39 is 0 Å². The van der Waals surface area contributed by atoms with E-state index >= 15 is 0 Å². The highest BCUT2D eigenvalue weighted by molar-refractivity contribution is 5.78. The number of rotatable bonds is 6. The van der Waals surface area contributed by atoms with Crippen molar-refractivity contribution in [1.82, 2.24) is 30.2 Å². The lowest BCUT2D eigenvalue weighted by atomic mass is 9.99. The van der Waals surface area contributed by atoms with E-state index in [4.69, 9.17) is 4.74 Å². The van der Waals surface area contributed by atoms with Crippen molar-refractivity contribution in [2.24, 2.45) is 0 Å². The maximum atomic E-state index is 10.3. The molecule has 0 spiro atoms. The molecule has 5 rings (SSSR count). The average Bonchev–Trinajstić information content (AvgIpc) is 3.52. The quantitative estimate of drug-likeness (QED) is 0.439. The van der Waals surface area contributed by atoms with Gasteiger partial charge in [0.1, 0.15) is 11.8 Å². The van der Waals surface area contributed by atoms with E-state index in [1.807, 2.05) is 48.9 Å². The summed E-state index contributed by atoms with van der Waals surface area (Å²) < 4.78 is 7.62. The normalized spacial score (nSPS) is 17.3. The molecule has 2 aromatic heterocycles. The van der Waals surface area contributed by atoms with Gasteiger partial charge in [-0.05, 0) is 84.1 Å². The summed E-state index contributed by atoms with van der Waals surface area (Å²) >= 11 is 0. The molecule has 9 heteroatoms. The van der Waals surface area contributed by atoms with Crippen LogP contribution >= 0.6 is 0 Å². The van der Waals surface area contributed by atoms with Crippen LogP contribution in [0.15, 0.2) is 36.7 Å². The predicted molar refractivity (Wildman–Crippen MR) is 116 cm³/mol. The molecule has 160 valence electrons. The summed E-state index contributed by atoms with van der Waals surface area (Å²) in [5.41, 5.74) is 5.35. The van der Waals surface area contributed by atoms with Crippen molar-refractivity contribution in [2.75, 3.05) is 11.9 Å². The molecule has 3 N–H and O–H groups in total. The Morgan fingerprint density at radius 3 is 2.87 bits per heavy atom. The van der Waals surface area contributed by atoms with E-state index in [1.54, 1.807) is 6.33 Å². The number of nitrogens with zero attached hydrogens (tertiary/aromatic N) is 5. The Labute approximate surface area is 179 Å². The zero-order valence-corrected chi connectivity index (χ0v) is 17.5. The number of nitrogens with one attached hydrogen (secondary N) is 2. The molecule has 0 aliphatic carbocycles. The van der Waals surface area contributed by atoms with Crippen LogP contribution in [0.4, 0.5) is 5.69 Å². The summed E-state index contributed by atoms with van der Waals surface area (Å²) in [6, 6.07) is 9.61. The molecule has 1 fully saturated rings. The van der Waals surface area contributed by atoms with Gasteiger partial charge >= 0.3 is 0 Å². The maximum Gasteiger partial charge on any atom is 0.178 e. The SMILES string of the molecule is Cc1cc(C(Nc2ccc3nc[nH]c3c2)c2nnnn2CC2CCCO2)cc(C)c1O. The van der Waals surface area contributed by atoms with Crippen LogP contribution in [0.25, 0.3) is 11.0 Å². The minimum atomic E-state index is -0.310. The molecule has 1 aliphatic rings. The molecule has 1 aliphatic heterocycles. The molecule has 0 amide bonds. The second-order valence-corrected chi connectivity index (χ2v) is 8.07. The Kier molecular flexibility index (Phi) is 5.03. The van der Waals surface area contributed by atoms with Crippen LogP contribution in [0.1, 0.15) is 41.4 Å². The fourth-order valence-electron chi connectivity index (χ4n) is 4.17. The van der Waals surface area contributed by atoms with Crippen molar-refractivity contribution in [2.45, 2.75) is 45.4 Å².